The number of nitrogens with one attached hydrogen (secondary N) is 2. The fourth-order valence-electron chi connectivity index (χ4n) is 5.99. The molecule has 0 spiro atoms. The molecule has 0 aromatic heterocycles. The number of hydrogen-bond donors (Lipinski definition) is 3. The zero-order chi connectivity index (χ0) is 32.8. The van der Waals surface area contributed by atoms with E-state index in [4.69, 9.17) is 0 Å². The lowest BCUT2D eigenvalue weighted by molar-refractivity contribution is -0.117. The van der Waals surface area contributed by atoms with Crippen molar-refractivity contribution in [3.63, 3.8) is 0 Å². The Morgan fingerprint density at radius 3 is 1.18 bits per heavy atom. The van der Waals surface area contributed by atoms with Crippen LogP contribution < -0.4 is 10.6 Å². The summed E-state index contributed by atoms with van der Waals surface area (Å²) in [5, 5.41) is 15.4. The molecule has 0 atom stereocenters. The lowest BCUT2D eigenvalue weighted by Crippen LogP contribution is -2.18. The summed E-state index contributed by atoms with van der Waals surface area (Å²) in [5.41, 5.74) is 0.532. The van der Waals surface area contributed by atoms with E-state index in [0.717, 1.165) is 38.5 Å². The number of para-hydroxylation sites is 1. The molecule has 258 valence electrons. The fraction of sp³-hybridized carbons (Fsp3) is 0.769. The Bertz CT molecular complexity index is 901. The Balaban J connectivity index is 2.26. The summed E-state index contributed by atoms with van der Waals surface area (Å²) in [6.45, 7) is 4.51. The number of rotatable bonds is 31. The fourth-order valence-corrected chi connectivity index (χ4v) is 5.99. The molecule has 3 N–H and O–H groups in total. The summed E-state index contributed by atoms with van der Waals surface area (Å²) in [6.07, 6.45) is 33.1. The molecule has 0 aliphatic rings. The Morgan fingerprint density at radius 1 is 0.489 bits per heavy atom. The van der Waals surface area contributed by atoms with Gasteiger partial charge in [-0.1, -0.05) is 174 Å². The summed E-state index contributed by atoms with van der Waals surface area (Å²) in [4.78, 5) is 37.3. The van der Waals surface area contributed by atoms with Crippen molar-refractivity contribution in [3.05, 3.63) is 23.8 Å². The van der Waals surface area contributed by atoms with Crippen LogP contribution in [0.2, 0.25) is 0 Å². The van der Waals surface area contributed by atoms with Gasteiger partial charge in [-0.25, -0.2) is 4.79 Å². The van der Waals surface area contributed by atoms with E-state index >= 15 is 0 Å². The molecule has 6 nitrogen and oxygen atoms in total. The molecule has 45 heavy (non-hydrogen) atoms. The smallest absolute Gasteiger partial charge is 0.337 e. The van der Waals surface area contributed by atoms with E-state index in [9.17, 15) is 19.5 Å². The van der Waals surface area contributed by atoms with Crippen LogP contribution in [-0.4, -0.2) is 22.9 Å². The van der Waals surface area contributed by atoms with Gasteiger partial charge in [-0.3, -0.25) is 9.59 Å². The van der Waals surface area contributed by atoms with Gasteiger partial charge in [-0.05, 0) is 25.0 Å². The minimum Gasteiger partial charge on any atom is -0.478 e. The number of carbonyl (C=O) groups is 3. The number of carbonyl (C=O) groups excluding carboxylic acids is 2. The molecule has 0 saturated heterocycles. The SMILES string of the molecule is CCCCCCCCCCCCCCCC(=O)Nc1cccc(C(=O)O)c1NC(=O)CCCCCCCCCCCCCCC. The van der Waals surface area contributed by atoms with Crippen LogP contribution >= 0.6 is 0 Å². The third-order valence-corrected chi connectivity index (χ3v) is 8.85. The van der Waals surface area contributed by atoms with Gasteiger partial charge in [0.1, 0.15) is 0 Å². The van der Waals surface area contributed by atoms with Crippen LogP contribution in [-0.2, 0) is 9.59 Å². The second-order valence-corrected chi connectivity index (χ2v) is 13.1. The lowest BCUT2D eigenvalue weighted by atomic mass is 10.0. The molecule has 0 aliphatic carbocycles. The highest BCUT2D eigenvalue weighted by Crippen LogP contribution is 2.27. The van der Waals surface area contributed by atoms with Gasteiger partial charge in [0.15, 0.2) is 0 Å². The van der Waals surface area contributed by atoms with Crippen molar-refractivity contribution in [2.24, 2.45) is 0 Å². The number of hydrogen-bond acceptors (Lipinski definition) is 3. The molecule has 0 fully saturated rings. The van der Waals surface area contributed by atoms with E-state index < -0.39 is 5.97 Å². The number of carboxylic acids is 1. The molecule has 2 amide bonds. The Hall–Kier alpha value is -2.37. The van der Waals surface area contributed by atoms with E-state index in [1.165, 1.54) is 134 Å². The number of benzene rings is 1. The molecular weight excluding hydrogens is 560 g/mol. The largest absolute Gasteiger partial charge is 0.478 e. The average molecular weight is 629 g/mol. The zero-order valence-corrected chi connectivity index (χ0v) is 29.2. The molecule has 1 rings (SSSR count). The van der Waals surface area contributed by atoms with Crippen molar-refractivity contribution >= 4 is 29.2 Å². The number of aromatic carboxylic acids is 1. The lowest BCUT2D eigenvalue weighted by Gasteiger charge is -2.15. The molecule has 0 bridgehead atoms. The van der Waals surface area contributed by atoms with Crippen LogP contribution in [0.3, 0.4) is 0 Å². The summed E-state index contributed by atoms with van der Waals surface area (Å²) in [6, 6.07) is 4.73. The van der Waals surface area contributed by atoms with E-state index in [-0.39, 0.29) is 23.1 Å². The number of unbranched alkanes of at least 4 members (excludes halogenated alkanes) is 24. The van der Waals surface area contributed by atoms with Gasteiger partial charge >= 0.3 is 5.97 Å². The third kappa shape index (κ3) is 22.7. The predicted octanol–water partition coefficient (Wildman–Crippen LogP) is 12.2. The van der Waals surface area contributed by atoms with Gasteiger partial charge in [-0.2, -0.15) is 0 Å². The first-order valence-corrected chi connectivity index (χ1v) is 19.0. The quantitative estimate of drug-likeness (QED) is 0.0713. The molecule has 0 aliphatic heterocycles. The van der Waals surface area contributed by atoms with Gasteiger partial charge in [0.2, 0.25) is 11.8 Å². The van der Waals surface area contributed by atoms with Crippen LogP contribution in [0.4, 0.5) is 11.4 Å². The van der Waals surface area contributed by atoms with Crippen molar-refractivity contribution in [2.45, 2.75) is 194 Å². The Kier molecular flexibility index (Phi) is 26.3. The molecule has 0 unspecified atom stereocenters. The Labute approximate surface area is 276 Å². The first-order valence-electron chi connectivity index (χ1n) is 19.0. The van der Waals surface area contributed by atoms with Crippen molar-refractivity contribution < 1.29 is 19.5 Å². The maximum Gasteiger partial charge on any atom is 0.337 e. The molecule has 0 radical (unpaired) electrons. The van der Waals surface area contributed by atoms with Crippen molar-refractivity contribution in [1.82, 2.24) is 0 Å². The normalized spacial score (nSPS) is 11.1. The minimum atomic E-state index is -1.13. The van der Waals surface area contributed by atoms with Crippen LogP contribution in [0.25, 0.3) is 0 Å². The average Bonchev–Trinajstić information content (AvgIpc) is 3.02. The topological polar surface area (TPSA) is 95.5 Å². The number of anilines is 2. The number of amides is 2. The monoisotopic (exact) mass is 629 g/mol. The van der Waals surface area contributed by atoms with Gasteiger partial charge in [-0.15, -0.1) is 0 Å². The molecule has 0 heterocycles. The van der Waals surface area contributed by atoms with Gasteiger partial charge in [0.25, 0.3) is 0 Å². The van der Waals surface area contributed by atoms with E-state index in [2.05, 4.69) is 24.5 Å². The highest BCUT2D eigenvalue weighted by Gasteiger charge is 2.18. The Morgan fingerprint density at radius 2 is 0.822 bits per heavy atom. The predicted molar refractivity (Wildman–Crippen MR) is 191 cm³/mol. The van der Waals surface area contributed by atoms with Gasteiger partial charge < -0.3 is 15.7 Å². The first kappa shape index (κ1) is 40.7. The zero-order valence-electron chi connectivity index (χ0n) is 29.2. The highest BCUT2D eigenvalue weighted by atomic mass is 16.4. The first-order chi connectivity index (χ1) is 22.0. The molecule has 1 aromatic rings. The molecule has 1 aromatic carbocycles. The second-order valence-electron chi connectivity index (χ2n) is 13.1. The molecule has 0 saturated carbocycles. The summed E-state index contributed by atoms with van der Waals surface area (Å²) in [7, 11) is 0. The maximum absolute atomic E-state index is 12.7. The second kappa shape index (κ2) is 29.1. The van der Waals surface area contributed by atoms with Crippen LogP contribution in [0.5, 0.6) is 0 Å². The summed E-state index contributed by atoms with van der Waals surface area (Å²) in [5.74, 6) is -1.48. The third-order valence-electron chi connectivity index (χ3n) is 8.85. The van der Waals surface area contributed by atoms with Crippen molar-refractivity contribution in [1.29, 1.82) is 0 Å². The van der Waals surface area contributed by atoms with Crippen LogP contribution in [0.1, 0.15) is 204 Å². The molecular formula is C39H68N2O4. The minimum absolute atomic E-state index is 0.00697. The van der Waals surface area contributed by atoms with Gasteiger partial charge in [0.05, 0.1) is 16.9 Å². The number of carboxylic acid groups (broad SMARTS) is 1. The maximum atomic E-state index is 12.7. The standard InChI is InChI=1S/C39H68N2O4/c1-3-5-7-9-11-13-15-17-19-21-23-25-27-32-36(42)40-35-31-29-30-34(39(44)45)38(35)41-37(43)33-28-26-24-22-20-18-16-14-12-10-8-6-4-2/h29-31H,3-28,32-33H2,1-2H3,(H,40,42)(H,41,43)(H,44,45). The van der Waals surface area contributed by atoms with Gasteiger partial charge in [0, 0.05) is 12.8 Å². The molecule has 6 heteroatoms. The summed E-state index contributed by atoms with van der Waals surface area (Å²) < 4.78 is 0. The van der Waals surface area contributed by atoms with Crippen LogP contribution in [0.15, 0.2) is 18.2 Å². The van der Waals surface area contributed by atoms with E-state index in [1.807, 2.05) is 0 Å². The van der Waals surface area contributed by atoms with Crippen molar-refractivity contribution in [2.75, 3.05) is 10.6 Å². The van der Waals surface area contributed by atoms with Crippen LogP contribution in [0, 0.1) is 0 Å². The van der Waals surface area contributed by atoms with Crippen molar-refractivity contribution in [3.8, 4) is 0 Å². The van der Waals surface area contributed by atoms with E-state index in [0.29, 0.717) is 18.5 Å². The summed E-state index contributed by atoms with van der Waals surface area (Å²) >= 11 is 0. The highest BCUT2D eigenvalue weighted by molar-refractivity contribution is 6.07. The van der Waals surface area contributed by atoms with E-state index in [1.54, 1.807) is 12.1 Å².